The van der Waals surface area contributed by atoms with E-state index in [4.69, 9.17) is 15.0 Å². The zero-order chi connectivity index (χ0) is 90.2. The summed E-state index contributed by atoms with van der Waals surface area (Å²) >= 11 is 3.62. The first-order valence-corrected chi connectivity index (χ1v) is 46.3. The molecular formula is C108H85BrF6N15P. The van der Waals surface area contributed by atoms with Crippen molar-refractivity contribution in [1.82, 2.24) is 66.4 Å². The number of halogens is 7. The Morgan fingerprint density at radius 3 is 1.05 bits per heavy atom. The van der Waals surface area contributed by atoms with E-state index in [1.807, 2.05) is 74.3 Å². The van der Waals surface area contributed by atoms with E-state index in [0.29, 0.717) is 0 Å². The zero-order valence-corrected chi connectivity index (χ0v) is 75.2. The number of nitrogens with zero attached hydrogens (tertiary/aromatic N) is 14. The van der Waals surface area contributed by atoms with Gasteiger partial charge in [-0.05, 0) is 126 Å². The monoisotopic (exact) mass is 1820 g/mol. The van der Waals surface area contributed by atoms with Crippen molar-refractivity contribution in [3.8, 4) is 45.9 Å². The van der Waals surface area contributed by atoms with Crippen LogP contribution in [0, 0.1) is 0 Å². The summed E-state index contributed by atoms with van der Waals surface area (Å²) < 4.78 is 80.5. The molecule has 646 valence electrons. The van der Waals surface area contributed by atoms with Crippen molar-refractivity contribution in [2.45, 2.75) is 71.6 Å². The second-order valence-corrected chi connectivity index (χ2v) is 37.9. The molecule has 0 atom stereocenters. The van der Waals surface area contributed by atoms with E-state index >= 15 is 0 Å². The van der Waals surface area contributed by atoms with Gasteiger partial charge in [0.2, 0.25) is 6.33 Å². The molecule has 12 aromatic carbocycles. The third-order valence-electron chi connectivity index (χ3n) is 26.3. The second kappa shape index (κ2) is 29.5. The number of fused-ring (bicyclic) bond motifs is 24. The fourth-order valence-corrected chi connectivity index (χ4v) is 20.8. The van der Waals surface area contributed by atoms with Crippen LogP contribution >= 0.6 is 23.7 Å². The van der Waals surface area contributed by atoms with Crippen LogP contribution in [0.25, 0.3) is 177 Å². The van der Waals surface area contributed by atoms with E-state index in [1.165, 1.54) is 159 Å². The van der Waals surface area contributed by atoms with Crippen LogP contribution in [0.2, 0.25) is 0 Å². The average molecular weight is 1820 g/mol. The van der Waals surface area contributed by atoms with Crippen LogP contribution in [0.4, 0.5) is 25.2 Å². The minimum atomic E-state index is -10.7. The summed E-state index contributed by atoms with van der Waals surface area (Å²) in [4.78, 5) is 26.4. The molecule has 0 bridgehead atoms. The van der Waals surface area contributed by atoms with Gasteiger partial charge in [-0.2, -0.15) is 0 Å². The third-order valence-corrected chi connectivity index (χ3v) is 26.8. The molecule has 27 rings (SSSR count). The molecule has 3 aliphatic heterocycles. The van der Waals surface area contributed by atoms with Crippen molar-refractivity contribution in [2.75, 3.05) is 0 Å². The summed E-state index contributed by atoms with van der Waals surface area (Å²) in [5, 5.41) is 15.1. The predicted octanol–water partition coefficient (Wildman–Crippen LogP) is 29.1. The number of nitrogens with one attached hydrogen (secondary N) is 1. The SMILES string of the molecule is CC.CC1(C)c2cccnc2-n2c3cc(-n4c5ccccc5c5ccc(-n6ccnc6)cc54)ccc3c3cccc1c32.CC1(C)c2cccnc2-n2c3cc(Br)ccc3c3cccc1c32.C[n+]1ccn(-c2ccc3c4ccccc4n(-c4ccc5c6cccc7c6n(c5c4)-c4ncccc4C7(C)C)c3c2)c1.F[P-](F)(F)(F)(F)F.c1ccc2c(c1)[nH]c1cc(-n3ccnc3)ccc12. The molecule has 0 saturated carbocycles. The average Bonchev–Trinajstić information content (AvgIpc) is 1.56. The minimum Gasteiger partial charge on any atom is -0.354 e. The molecule has 0 spiro atoms. The molecule has 0 fully saturated rings. The normalized spacial score (nSPS) is 14.1. The molecule has 15 nitrogen and oxygen atoms in total. The summed E-state index contributed by atoms with van der Waals surface area (Å²) in [6.45, 7) is 17.8. The van der Waals surface area contributed by atoms with Gasteiger partial charge in [0.25, 0.3) is 0 Å². The van der Waals surface area contributed by atoms with Gasteiger partial charge in [0.1, 0.15) is 35.5 Å². The topological polar surface area (TPSA) is 124 Å². The van der Waals surface area contributed by atoms with Gasteiger partial charge in [-0.1, -0.05) is 229 Å². The molecule has 0 saturated heterocycles. The number of aromatic amines is 1. The number of aryl methyl sites for hydroxylation is 1. The van der Waals surface area contributed by atoms with E-state index < -0.39 is 7.81 Å². The largest absolute Gasteiger partial charge is 0.354 e. The summed E-state index contributed by atoms with van der Waals surface area (Å²) in [7, 11) is -8.61. The first-order chi connectivity index (χ1) is 63.1. The Morgan fingerprint density at radius 1 is 0.305 bits per heavy atom. The van der Waals surface area contributed by atoms with Crippen molar-refractivity contribution < 1.29 is 29.7 Å². The van der Waals surface area contributed by atoms with Crippen LogP contribution < -0.4 is 4.57 Å². The molecule has 0 unspecified atom stereocenters. The van der Waals surface area contributed by atoms with Crippen LogP contribution in [-0.4, -0.2) is 66.4 Å². The number of pyridine rings is 3. The Balaban J connectivity index is 0.000000103. The molecule has 24 aromatic rings. The molecule has 3 aliphatic rings. The maximum atomic E-state index is 9.87. The number of imidazole rings is 3. The first kappa shape index (κ1) is 81.7. The summed E-state index contributed by atoms with van der Waals surface area (Å²) in [6.07, 6.45) is 23.2. The number of rotatable bonds is 5. The first-order valence-electron chi connectivity index (χ1n) is 43.5. The second-order valence-electron chi connectivity index (χ2n) is 35.1. The van der Waals surface area contributed by atoms with Gasteiger partial charge in [-0.15, -0.1) is 0 Å². The summed E-state index contributed by atoms with van der Waals surface area (Å²) in [6, 6.07) is 98.8. The molecular weight excluding hydrogens is 1730 g/mol. The van der Waals surface area contributed by atoms with Gasteiger partial charge in [0.15, 0.2) is 0 Å². The maximum Gasteiger partial charge on any atom is 0.0991 e. The Morgan fingerprint density at radius 2 is 0.634 bits per heavy atom. The molecule has 23 heteroatoms. The van der Waals surface area contributed by atoms with Gasteiger partial charge in [-0.3, -0.25) is 13.7 Å². The number of benzene rings is 12. The Hall–Kier alpha value is -15.0. The van der Waals surface area contributed by atoms with Gasteiger partial charge in [0.05, 0.1) is 74.9 Å². The van der Waals surface area contributed by atoms with Crippen LogP contribution in [-0.2, 0) is 23.3 Å². The Bertz CT molecular complexity index is 8780. The minimum absolute atomic E-state index is 0.0509. The number of para-hydroxylation sites is 6. The van der Waals surface area contributed by atoms with Crippen LogP contribution in [0.15, 0.2) is 352 Å². The van der Waals surface area contributed by atoms with Gasteiger partial charge >= 0.3 is 33.0 Å². The van der Waals surface area contributed by atoms with Crippen molar-refractivity contribution in [3.63, 3.8) is 0 Å². The molecule has 0 aliphatic carbocycles. The third kappa shape index (κ3) is 13.5. The van der Waals surface area contributed by atoms with Gasteiger partial charge < -0.3 is 23.3 Å². The summed E-state index contributed by atoms with van der Waals surface area (Å²) in [5.74, 6) is 3.10. The van der Waals surface area contributed by atoms with E-state index in [-0.39, 0.29) is 16.2 Å². The predicted molar refractivity (Wildman–Crippen MR) is 524 cm³/mol. The van der Waals surface area contributed by atoms with E-state index in [1.54, 1.807) is 6.20 Å². The summed E-state index contributed by atoms with van der Waals surface area (Å²) in [5.41, 5.74) is 27.6. The smallest absolute Gasteiger partial charge is 0.0991 e. The molecule has 131 heavy (non-hydrogen) atoms. The van der Waals surface area contributed by atoms with Gasteiger partial charge in [-0.25, -0.2) is 34.1 Å². The fraction of sp³-hybridized carbons (Fsp3) is 0.111. The van der Waals surface area contributed by atoms with E-state index in [2.05, 4.69) is 402 Å². The van der Waals surface area contributed by atoms with Crippen LogP contribution in [0.1, 0.15) is 88.8 Å². The van der Waals surface area contributed by atoms with Crippen molar-refractivity contribution in [3.05, 3.63) is 386 Å². The molecule has 0 radical (unpaired) electrons. The Kier molecular flexibility index (Phi) is 18.4. The molecule has 1 N–H and O–H groups in total. The zero-order valence-electron chi connectivity index (χ0n) is 72.8. The molecule has 15 heterocycles. The maximum absolute atomic E-state index is 10.7. The van der Waals surface area contributed by atoms with Crippen molar-refractivity contribution in [2.24, 2.45) is 7.05 Å². The standard InChI is InChI=1S/C36H28N5.C35H25N5.C20H15BrN2.C15H11N3.C2H6.F6P/c1-36(2)29-10-6-9-28-27-16-14-24(21-33(27)41(34(28)29)35-30(36)11-7-17-37-35)40-31-12-5-4-8-25(31)26-15-13-23(20-32(26)40)39-19-18-38(3)22-39;1-35(2)28-9-5-8-27-26-15-13-23(20-32(26)40(33(27)28)34-29(35)10-6-16-37-34)39-30-11-4-3-7-24(30)25-14-12-22(19-31(25)39)38-18-17-36-21-38;1-20(2)15-6-3-5-14-13-9-8-12(21)11-17(13)23(18(14)15)19-16(20)7-4-10-22-19;1-2-4-14-12(3-1)13-6-5-11(9-15(13)17-14)18-8-7-16-10-18;1-2;1-7(2,3,4,5)6/h4-22H,1-3H3;3-21H,1-2H3;3-11H,1-2H3;1-10,17H;1-2H3;/q+1;;;;;-1. The van der Waals surface area contributed by atoms with Crippen molar-refractivity contribution >= 4 is 155 Å². The number of H-pyrrole nitrogens is 1. The number of hydrogen-bond donors (Lipinski definition) is 1. The Labute approximate surface area is 756 Å². The van der Waals surface area contributed by atoms with Crippen LogP contribution in [0.5, 0.6) is 0 Å². The van der Waals surface area contributed by atoms with Crippen LogP contribution in [0.3, 0.4) is 0 Å². The molecule has 0 amide bonds. The van der Waals surface area contributed by atoms with E-state index in [9.17, 15) is 25.2 Å². The number of hydrogen-bond acceptors (Lipinski definition) is 5. The quantitative estimate of drug-likeness (QED) is 0.104. The van der Waals surface area contributed by atoms with Crippen molar-refractivity contribution in [1.29, 1.82) is 0 Å². The van der Waals surface area contributed by atoms with Gasteiger partial charge in [0, 0.05) is 185 Å². The molecule has 12 aromatic heterocycles. The number of aromatic nitrogens is 15. The van der Waals surface area contributed by atoms with E-state index in [0.717, 1.165) is 55.9 Å². The fourth-order valence-electron chi connectivity index (χ4n) is 20.5.